The van der Waals surface area contributed by atoms with Crippen LogP contribution in [0, 0.1) is 5.92 Å². The Balaban J connectivity index is 1.42. The van der Waals surface area contributed by atoms with Crippen molar-refractivity contribution in [1.29, 1.82) is 0 Å². The molecule has 3 N–H and O–H groups in total. The van der Waals surface area contributed by atoms with Gasteiger partial charge in [-0.15, -0.1) is 0 Å². The Morgan fingerprint density at radius 3 is 2.35 bits per heavy atom. The number of nitrogens with zero attached hydrogens (tertiary/aromatic N) is 1. The van der Waals surface area contributed by atoms with Crippen LogP contribution in [0.1, 0.15) is 45.4 Å². The van der Waals surface area contributed by atoms with Gasteiger partial charge in [0, 0.05) is 25.2 Å². The number of aliphatic hydroxyl groups is 1. The highest BCUT2D eigenvalue weighted by atomic mass is 16.3. The van der Waals surface area contributed by atoms with Gasteiger partial charge in [-0.1, -0.05) is 0 Å². The van der Waals surface area contributed by atoms with E-state index in [1.165, 1.54) is 12.8 Å². The van der Waals surface area contributed by atoms with E-state index in [1.807, 2.05) is 6.92 Å². The number of rotatable bonds is 5. The number of likely N-dealkylation sites (tertiary alicyclic amines) is 1. The molecule has 1 saturated heterocycles. The average Bonchev–Trinajstić information content (AvgIpc) is 3.31. The number of aliphatic hydroxyl groups excluding tert-OH is 1. The second kappa shape index (κ2) is 5.53. The highest BCUT2D eigenvalue weighted by Gasteiger charge is 2.42. The zero-order valence-electron chi connectivity index (χ0n) is 12.4. The van der Waals surface area contributed by atoms with Crippen molar-refractivity contribution in [2.24, 2.45) is 5.92 Å². The summed E-state index contributed by atoms with van der Waals surface area (Å²) in [5.74, 6) is 0.440. The van der Waals surface area contributed by atoms with Crippen LogP contribution < -0.4 is 10.6 Å². The lowest BCUT2D eigenvalue weighted by Gasteiger charge is -2.34. The largest absolute Gasteiger partial charge is 0.394 e. The summed E-state index contributed by atoms with van der Waals surface area (Å²) in [7, 11) is 0. The van der Waals surface area contributed by atoms with Gasteiger partial charge in [-0.2, -0.15) is 0 Å². The van der Waals surface area contributed by atoms with E-state index in [2.05, 4.69) is 15.5 Å². The molecule has 0 bridgehead atoms. The topological polar surface area (TPSA) is 64.6 Å². The molecule has 0 spiro atoms. The first-order valence-electron chi connectivity index (χ1n) is 8.04. The normalized spacial score (nSPS) is 27.9. The fraction of sp³-hybridized carbons (Fsp3) is 0.933. The molecule has 1 heterocycles. The molecule has 3 fully saturated rings. The van der Waals surface area contributed by atoms with E-state index in [0.717, 1.165) is 44.8 Å². The lowest BCUT2D eigenvalue weighted by Crippen LogP contribution is -2.56. The van der Waals surface area contributed by atoms with E-state index in [4.69, 9.17) is 0 Å². The summed E-state index contributed by atoms with van der Waals surface area (Å²) in [6.07, 6.45) is 7.02. The molecule has 3 aliphatic rings. The van der Waals surface area contributed by atoms with Crippen LogP contribution in [0.15, 0.2) is 0 Å². The molecule has 0 unspecified atom stereocenters. The minimum Gasteiger partial charge on any atom is -0.394 e. The van der Waals surface area contributed by atoms with Crippen molar-refractivity contribution in [3.63, 3.8) is 0 Å². The van der Waals surface area contributed by atoms with Gasteiger partial charge in [0.15, 0.2) is 0 Å². The summed E-state index contributed by atoms with van der Waals surface area (Å²) in [6, 6.07) is 1.00. The maximum Gasteiger partial charge on any atom is 0.315 e. The third-order valence-corrected chi connectivity index (χ3v) is 5.13. The smallest absolute Gasteiger partial charge is 0.315 e. The molecule has 2 saturated carbocycles. The van der Waals surface area contributed by atoms with Crippen molar-refractivity contribution in [2.75, 3.05) is 19.7 Å². The van der Waals surface area contributed by atoms with Crippen LogP contribution in [0.25, 0.3) is 0 Å². The van der Waals surface area contributed by atoms with Crippen molar-refractivity contribution in [1.82, 2.24) is 15.5 Å². The average molecular weight is 281 g/mol. The molecule has 0 radical (unpaired) electrons. The number of amides is 2. The van der Waals surface area contributed by atoms with Crippen LogP contribution in [0.4, 0.5) is 4.79 Å². The van der Waals surface area contributed by atoms with Gasteiger partial charge >= 0.3 is 6.03 Å². The zero-order valence-corrected chi connectivity index (χ0v) is 12.4. The Labute approximate surface area is 121 Å². The maximum absolute atomic E-state index is 12.1. The van der Waals surface area contributed by atoms with Gasteiger partial charge in [-0.3, -0.25) is 0 Å². The number of carbonyl (C=O) groups excluding carboxylic acids is 1. The SMILES string of the molecule is C[C@@](CO)(NC(=O)NC1CCN(C2CC2)CC1)C1CC1. The lowest BCUT2D eigenvalue weighted by atomic mass is 9.97. The minimum atomic E-state index is -0.446. The monoisotopic (exact) mass is 281 g/mol. The van der Waals surface area contributed by atoms with Crippen molar-refractivity contribution >= 4 is 6.03 Å². The van der Waals surface area contributed by atoms with Crippen molar-refractivity contribution in [2.45, 2.75) is 63.1 Å². The fourth-order valence-corrected chi connectivity index (χ4v) is 3.32. The van der Waals surface area contributed by atoms with Gasteiger partial charge in [0.1, 0.15) is 0 Å². The second-order valence-electron chi connectivity index (χ2n) is 6.99. The van der Waals surface area contributed by atoms with Gasteiger partial charge in [0.05, 0.1) is 12.1 Å². The van der Waals surface area contributed by atoms with Crippen LogP contribution >= 0.6 is 0 Å². The van der Waals surface area contributed by atoms with E-state index in [-0.39, 0.29) is 18.7 Å². The van der Waals surface area contributed by atoms with Gasteiger partial charge in [-0.05, 0) is 51.4 Å². The number of hydrogen-bond acceptors (Lipinski definition) is 3. The summed E-state index contributed by atoms with van der Waals surface area (Å²) in [5.41, 5.74) is -0.446. The Hall–Kier alpha value is -0.810. The number of nitrogens with one attached hydrogen (secondary N) is 2. The molecule has 20 heavy (non-hydrogen) atoms. The van der Waals surface area contributed by atoms with Crippen molar-refractivity contribution < 1.29 is 9.90 Å². The predicted molar refractivity (Wildman–Crippen MR) is 77.5 cm³/mol. The maximum atomic E-state index is 12.1. The molecule has 3 rings (SSSR count). The van der Waals surface area contributed by atoms with Crippen LogP contribution in [0.3, 0.4) is 0 Å². The third-order valence-electron chi connectivity index (χ3n) is 5.13. The number of carbonyl (C=O) groups is 1. The molecule has 0 aromatic rings. The van der Waals surface area contributed by atoms with E-state index < -0.39 is 5.54 Å². The highest BCUT2D eigenvalue weighted by molar-refractivity contribution is 5.75. The number of piperidine rings is 1. The number of hydrogen-bond donors (Lipinski definition) is 3. The molecule has 5 nitrogen and oxygen atoms in total. The Bertz CT molecular complexity index is 360. The fourth-order valence-electron chi connectivity index (χ4n) is 3.32. The van der Waals surface area contributed by atoms with E-state index in [9.17, 15) is 9.90 Å². The van der Waals surface area contributed by atoms with E-state index in [0.29, 0.717) is 5.92 Å². The summed E-state index contributed by atoms with van der Waals surface area (Å²) in [5, 5.41) is 15.6. The van der Waals surface area contributed by atoms with Crippen LogP contribution in [0.5, 0.6) is 0 Å². The first-order valence-corrected chi connectivity index (χ1v) is 8.04. The van der Waals surface area contributed by atoms with E-state index in [1.54, 1.807) is 0 Å². The van der Waals surface area contributed by atoms with Gasteiger partial charge < -0.3 is 20.6 Å². The standard InChI is InChI=1S/C15H27N3O2/c1-15(10-19,11-2-3-11)17-14(20)16-12-6-8-18(9-7-12)13-4-5-13/h11-13,19H,2-10H2,1H3,(H2,16,17,20)/t15-/m0/s1. The number of urea groups is 1. The molecule has 0 aromatic heterocycles. The quantitative estimate of drug-likeness (QED) is 0.706. The Morgan fingerprint density at radius 1 is 1.20 bits per heavy atom. The minimum absolute atomic E-state index is 0.0191. The Morgan fingerprint density at radius 2 is 1.85 bits per heavy atom. The molecular formula is C15H27N3O2. The molecule has 1 atom stereocenters. The molecular weight excluding hydrogens is 254 g/mol. The predicted octanol–water partition coefficient (Wildman–Crippen LogP) is 1.07. The van der Waals surface area contributed by atoms with Gasteiger partial charge in [0.2, 0.25) is 0 Å². The van der Waals surface area contributed by atoms with Gasteiger partial charge in [-0.25, -0.2) is 4.79 Å². The first kappa shape index (κ1) is 14.1. The first-order chi connectivity index (χ1) is 9.60. The third kappa shape index (κ3) is 3.26. The van der Waals surface area contributed by atoms with Crippen molar-refractivity contribution in [3.8, 4) is 0 Å². The van der Waals surface area contributed by atoms with Crippen molar-refractivity contribution in [3.05, 3.63) is 0 Å². The highest BCUT2D eigenvalue weighted by Crippen LogP contribution is 2.39. The van der Waals surface area contributed by atoms with E-state index >= 15 is 0 Å². The van der Waals surface area contributed by atoms with Crippen LogP contribution in [0.2, 0.25) is 0 Å². The molecule has 0 aromatic carbocycles. The van der Waals surface area contributed by atoms with Crippen LogP contribution in [-0.4, -0.2) is 53.4 Å². The molecule has 1 aliphatic heterocycles. The molecule has 2 amide bonds. The summed E-state index contributed by atoms with van der Waals surface area (Å²) in [6.45, 7) is 4.18. The lowest BCUT2D eigenvalue weighted by molar-refractivity contribution is 0.149. The summed E-state index contributed by atoms with van der Waals surface area (Å²) in [4.78, 5) is 14.7. The molecule has 2 aliphatic carbocycles. The summed E-state index contributed by atoms with van der Waals surface area (Å²) >= 11 is 0. The molecule has 5 heteroatoms. The second-order valence-corrected chi connectivity index (χ2v) is 6.99. The van der Waals surface area contributed by atoms with Crippen LogP contribution in [-0.2, 0) is 0 Å². The van der Waals surface area contributed by atoms with Gasteiger partial charge in [0.25, 0.3) is 0 Å². The zero-order chi connectivity index (χ0) is 14.2. The Kier molecular flexibility index (Phi) is 3.91. The molecule has 114 valence electrons. The summed E-state index contributed by atoms with van der Waals surface area (Å²) < 4.78 is 0.